The van der Waals surface area contributed by atoms with Gasteiger partial charge in [0.1, 0.15) is 22.6 Å². The van der Waals surface area contributed by atoms with Gasteiger partial charge in [0, 0.05) is 69.3 Å². The highest BCUT2D eigenvalue weighted by atomic mass is 15.1. The molecule has 310 valence electrons. The zero-order valence-electron chi connectivity index (χ0n) is 39.0. The van der Waals surface area contributed by atoms with Crippen LogP contribution in [0, 0.1) is 0 Å². The summed E-state index contributed by atoms with van der Waals surface area (Å²) in [6.07, 6.45) is 0. The summed E-state index contributed by atoms with van der Waals surface area (Å²) in [4.78, 5) is 21.8. The summed E-state index contributed by atoms with van der Waals surface area (Å²) in [6, 6.07) is 26.7. The van der Waals surface area contributed by atoms with Gasteiger partial charge in [-0.2, -0.15) is 0 Å². The van der Waals surface area contributed by atoms with Gasteiger partial charge in [-0.05, 0) is 82.0 Å². The molecular weight excluding hydrogens is 733 g/mol. The van der Waals surface area contributed by atoms with Crippen molar-refractivity contribution < 1.29 is 0 Å². The van der Waals surface area contributed by atoms with Crippen LogP contribution in [0.5, 0.6) is 0 Å². The molecule has 4 bridgehead atoms. The summed E-state index contributed by atoms with van der Waals surface area (Å²) in [6.45, 7) is 40.5. The molecule has 2 aromatic heterocycles. The van der Waals surface area contributed by atoms with Crippen molar-refractivity contribution in [3.8, 4) is 0 Å². The third-order valence-electron chi connectivity index (χ3n) is 12.2. The smallest absolute Gasteiger partial charge is 0.142 e. The van der Waals surface area contributed by atoms with Gasteiger partial charge in [-0.25, -0.2) is 20.0 Å². The average Bonchev–Trinajstić information content (AvgIpc) is 3.56. The van der Waals surface area contributed by atoms with E-state index in [0.717, 1.165) is 77.8 Å². The van der Waals surface area contributed by atoms with Gasteiger partial charge < -0.3 is 9.13 Å². The number of rotatable bonds is 0. The molecule has 1 aliphatic heterocycles. The first kappa shape index (κ1) is 42.5. The van der Waals surface area contributed by atoms with Gasteiger partial charge >= 0.3 is 0 Å². The molecule has 0 unspecified atom stereocenters. The van der Waals surface area contributed by atoms with Crippen LogP contribution in [0.1, 0.15) is 141 Å². The summed E-state index contributed by atoms with van der Waals surface area (Å²) < 4.78 is 4.24. The largest absolute Gasteiger partial charge is 0.313 e. The molecule has 0 spiro atoms. The first-order chi connectivity index (χ1) is 27.8. The van der Waals surface area contributed by atoms with Gasteiger partial charge in [0.15, 0.2) is 0 Å². The number of hydrogen-bond donors (Lipinski definition) is 0. The fourth-order valence-electron chi connectivity index (χ4n) is 8.19. The minimum atomic E-state index is -0.0911. The fourth-order valence-corrected chi connectivity index (χ4v) is 8.19. The molecule has 0 radical (unpaired) electrons. The Bertz CT molecular complexity index is 2960. The van der Waals surface area contributed by atoms with Crippen molar-refractivity contribution in [2.75, 3.05) is 0 Å². The van der Waals surface area contributed by atoms with Crippen LogP contribution in [0.2, 0.25) is 0 Å². The van der Waals surface area contributed by atoms with E-state index in [1.165, 1.54) is 22.3 Å². The Morgan fingerprint density at radius 3 is 1.30 bits per heavy atom. The molecule has 4 aromatic carbocycles. The monoisotopic (exact) mass is 797 g/mol. The van der Waals surface area contributed by atoms with Crippen LogP contribution in [-0.4, -0.2) is 20.6 Å². The predicted molar refractivity (Wildman–Crippen MR) is 258 cm³/mol. The van der Waals surface area contributed by atoms with E-state index in [1.807, 2.05) is 7.05 Å². The second kappa shape index (κ2) is 14.5. The van der Waals surface area contributed by atoms with Crippen molar-refractivity contribution in [1.29, 1.82) is 0 Å². The van der Waals surface area contributed by atoms with Crippen molar-refractivity contribution in [3.63, 3.8) is 0 Å². The Morgan fingerprint density at radius 1 is 0.383 bits per heavy atom. The molecule has 0 saturated heterocycles. The topological polar surface area (TPSA) is 59.3 Å². The van der Waals surface area contributed by atoms with E-state index in [9.17, 15) is 0 Å². The number of nitrogens with zero attached hydrogens (tertiary/aromatic N) is 6. The Hall–Kier alpha value is -5.62. The molecule has 60 heavy (non-hydrogen) atoms. The maximum Gasteiger partial charge on any atom is 0.142 e. The fraction of sp³-hybridized carbons (Fsp3) is 0.370. The minimum Gasteiger partial charge on any atom is -0.313 e. The van der Waals surface area contributed by atoms with Crippen LogP contribution in [0.3, 0.4) is 0 Å². The van der Waals surface area contributed by atoms with E-state index in [0.29, 0.717) is 11.4 Å². The zero-order valence-corrected chi connectivity index (χ0v) is 39.0. The van der Waals surface area contributed by atoms with Crippen LogP contribution in [0.4, 0.5) is 11.6 Å². The molecule has 0 saturated carbocycles. The summed E-state index contributed by atoms with van der Waals surface area (Å²) >= 11 is 0. The lowest BCUT2D eigenvalue weighted by Gasteiger charge is -2.22. The van der Waals surface area contributed by atoms with Crippen LogP contribution in [-0.2, 0) is 35.8 Å². The summed E-state index contributed by atoms with van der Waals surface area (Å²) in [5.41, 5.74) is 13.1. The highest BCUT2D eigenvalue weighted by molar-refractivity contribution is 6.10. The van der Waals surface area contributed by atoms with Crippen LogP contribution < -0.4 is 11.0 Å². The maximum absolute atomic E-state index is 5.51. The van der Waals surface area contributed by atoms with E-state index in [2.05, 4.69) is 199 Å². The second-order valence-electron chi connectivity index (χ2n) is 21.0. The number of benzene rings is 4. The second-order valence-corrected chi connectivity index (χ2v) is 21.0. The zero-order chi connectivity index (χ0) is 44.0. The summed E-state index contributed by atoms with van der Waals surface area (Å²) in [5, 5.41) is 4.14. The lowest BCUT2D eigenvalue weighted by atomic mass is 9.84. The molecule has 1 aliphatic rings. The standard InChI is InChI=1S/C54H64N6/c1-31-39-23-19-35(51(5,6)7)27-43(39)33(3)57-48-42-26-22-38(54(14,15)16)30-46(42)50(60(48)18)56-32(2)40-24-20-36(52(8,9)10)28-44(40)34(4)58-47-41-25-21-37(53(11,12)13)29-45(41)49(55-31)59(47)17/h19-30H,1,4H2,2-3,5-18H3/b55-49-,56-32+,57-33+,58-47-. The first-order valence-electron chi connectivity index (χ1n) is 21.2. The van der Waals surface area contributed by atoms with Crippen molar-refractivity contribution >= 4 is 56.0 Å². The van der Waals surface area contributed by atoms with Crippen LogP contribution >= 0.6 is 0 Å². The first-order valence-corrected chi connectivity index (χ1v) is 21.2. The molecule has 3 heterocycles. The number of hydrogen-bond acceptors (Lipinski definition) is 4. The molecule has 6 aromatic rings. The van der Waals surface area contributed by atoms with Gasteiger partial charge in [0.25, 0.3) is 0 Å². The Kier molecular flexibility index (Phi) is 10.3. The van der Waals surface area contributed by atoms with E-state index in [4.69, 9.17) is 20.0 Å². The lowest BCUT2D eigenvalue weighted by Crippen LogP contribution is -2.24. The van der Waals surface area contributed by atoms with E-state index >= 15 is 0 Å². The molecule has 7 rings (SSSR count). The minimum absolute atomic E-state index is 0.0534. The quantitative estimate of drug-likeness (QED) is 0.147. The van der Waals surface area contributed by atoms with E-state index in [-0.39, 0.29) is 21.7 Å². The normalized spacial score (nSPS) is 17.4. The molecule has 6 heteroatoms. The molecule has 0 amide bonds. The van der Waals surface area contributed by atoms with E-state index < -0.39 is 0 Å². The molecule has 0 aliphatic carbocycles. The molecular formula is C54H64N6. The van der Waals surface area contributed by atoms with Crippen LogP contribution in [0.15, 0.2) is 106 Å². The Balaban J connectivity index is 1.66. The lowest BCUT2D eigenvalue weighted by molar-refractivity contribution is 0.589. The molecule has 0 fully saturated rings. The molecule has 6 nitrogen and oxygen atoms in total. The van der Waals surface area contributed by atoms with Gasteiger partial charge in [-0.1, -0.05) is 145 Å². The third-order valence-corrected chi connectivity index (χ3v) is 12.2. The van der Waals surface area contributed by atoms with Gasteiger partial charge in [-0.3, -0.25) is 0 Å². The Labute approximate surface area is 357 Å². The van der Waals surface area contributed by atoms with Crippen molar-refractivity contribution in [2.24, 2.45) is 34.1 Å². The van der Waals surface area contributed by atoms with Crippen LogP contribution in [0.25, 0.3) is 32.9 Å². The number of aromatic nitrogens is 2. The summed E-state index contributed by atoms with van der Waals surface area (Å²) in [5.74, 6) is 1.70. The Morgan fingerprint density at radius 2 is 0.767 bits per heavy atom. The highest BCUT2D eigenvalue weighted by Gasteiger charge is 2.24. The molecule has 0 atom stereocenters. The van der Waals surface area contributed by atoms with Crippen molar-refractivity contribution in [1.82, 2.24) is 9.13 Å². The van der Waals surface area contributed by atoms with E-state index in [1.54, 1.807) is 0 Å². The van der Waals surface area contributed by atoms with Gasteiger partial charge in [0.2, 0.25) is 0 Å². The SMILES string of the molecule is C=C1/N=c2/c3ccc(C(C)(C)C)cc3/c(n2C)=N/C(=C)c2ccc(C(C)(C)C)cc2/C(C)=N/c2c3ccc(C(C)(C)C)cc3c(n2C)/N=C(\C)c2ccc(C(C)(C)C)cc21. The average molecular weight is 797 g/mol. The highest BCUT2D eigenvalue weighted by Crippen LogP contribution is 2.41. The van der Waals surface area contributed by atoms with Gasteiger partial charge in [0.05, 0.1) is 11.4 Å². The number of fused-ring (bicyclic) bond motifs is 12. The van der Waals surface area contributed by atoms with Gasteiger partial charge in [-0.15, -0.1) is 0 Å². The predicted octanol–water partition coefficient (Wildman–Crippen LogP) is 13.0. The maximum atomic E-state index is 5.51. The number of aliphatic imine (C=N–C) groups is 2. The van der Waals surface area contributed by atoms with Crippen molar-refractivity contribution in [2.45, 2.75) is 119 Å². The third kappa shape index (κ3) is 7.66. The van der Waals surface area contributed by atoms with Crippen molar-refractivity contribution in [3.05, 3.63) is 141 Å². The summed E-state index contributed by atoms with van der Waals surface area (Å²) in [7, 11) is 4.13. The molecule has 0 N–H and O–H groups in total.